The van der Waals surface area contributed by atoms with Crippen molar-refractivity contribution in [3.8, 4) is 0 Å². The van der Waals surface area contributed by atoms with Gasteiger partial charge in [-0.05, 0) is 32.6 Å². The van der Waals surface area contributed by atoms with E-state index >= 15 is 0 Å². The Morgan fingerprint density at radius 1 is 1.15 bits per heavy atom. The van der Waals surface area contributed by atoms with Crippen LogP contribution in [0.3, 0.4) is 0 Å². The molecule has 0 atom stereocenters. The van der Waals surface area contributed by atoms with Crippen LogP contribution in [0.15, 0.2) is 12.2 Å². The van der Waals surface area contributed by atoms with Crippen LogP contribution in [0.2, 0.25) is 0 Å². The highest BCUT2D eigenvalue weighted by atomic mass is 16.5. The number of esters is 2. The fraction of sp³-hybridized carbons (Fsp3) is 0.750. The summed E-state index contributed by atoms with van der Waals surface area (Å²) in [4.78, 5) is 22.2. The molecule has 0 saturated heterocycles. The van der Waals surface area contributed by atoms with E-state index in [-0.39, 0.29) is 17.4 Å². The maximum Gasteiger partial charge on any atom is 0.330 e. The molecule has 0 aromatic rings. The monoisotopic (exact) mass is 282 g/mol. The second-order valence-corrected chi connectivity index (χ2v) is 5.53. The second kappa shape index (κ2) is 8.77. The van der Waals surface area contributed by atoms with Crippen LogP contribution in [0.1, 0.15) is 58.8 Å². The van der Waals surface area contributed by atoms with Crippen LogP contribution in [0, 0.1) is 5.41 Å². The molecule has 20 heavy (non-hydrogen) atoms. The van der Waals surface area contributed by atoms with Crippen molar-refractivity contribution in [1.82, 2.24) is 0 Å². The standard InChI is InChI=1S/C16H26O4/c1-3-19-15(18)9-5-8-12-16(13-20-14(2)17)10-6-4-7-11-16/h5,9H,3-4,6-8,10-13H2,1-2H3/b9-5+. The highest BCUT2D eigenvalue weighted by molar-refractivity contribution is 5.81. The van der Waals surface area contributed by atoms with Gasteiger partial charge in [0.15, 0.2) is 0 Å². The zero-order valence-electron chi connectivity index (χ0n) is 12.7. The first-order chi connectivity index (χ1) is 9.58. The highest BCUT2D eigenvalue weighted by Crippen LogP contribution is 2.40. The van der Waals surface area contributed by atoms with Gasteiger partial charge in [-0.1, -0.05) is 25.3 Å². The van der Waals surface area contributed by atoms with Gasteiger partial charge in [0.1, 0.15) is 0 Å². The van der Waals surface area contributed by atoms with Crippen molar-refractivity contribution in [3.05, 3.63) is 12.2 Å². The molecule has 0 aromatic heterocycles. The van der Waals surface area contributed by atoms with Crippen LogP contribution in [-0.2, 0) is 19.1 Å². The van der Waals surface area contributed by atoms with Crippen LogP contribution in [0.5, 0.6) is 0 Å². The van der Waals surface area contributed by atoms with Crippen molar-refractivity contribution in [2.75, 3.05) is 13.2 Å². The van der Waals surface area contributed by atoms with Gasteiger partial charge in [0.05, 0.1) is 13.2 Å². The van der Waals surface area contributed by atoms with Crippen LogP contribution < -0.4 is 0 Å². The molecule has 0 spiro atoms. The van der Waals surface area contributed by atoms with Gasteiger partial charge < -0.3 is 9.47 Å². The predicted molar refractivity (Wildman–Crippen MR) is 77.2 cm³/mol. The van der Waals surface area contributed by atoms with Gasteiger partial charge in [0.25, 0.3) is 0 Å². The summed E-state index contributed by atoms with van der Waals surface area (Å²) in [6.45, 7) is 4.16. The first kappa shape index (κ1) is 16.7. The third-order valence-electron chi connectivity index (χ3n) is 3.88. The van der Waals surface area contributed by atoms with Gasteiger partial charge in [0, 0.05) is 18.4 Å². The summed E-state index contributed by atoms with van der Waals surface area (Å²) < 4.78 is 10.1. The number of carbonyl (C=O) groups is 2. The Balaban J connectivity index is 2.44. The first-order valence-corrected chi connectivity index (χ1v) is 7.55. The number of carbonyl (C=O) groups excluding carboxylic acids is 2. The summed E-state index contributed by atoms with van der Waals surface area (Å²) in [6.07, 6.45) is 11.0. The third kappa shape index (κ3) is 6.22. The van der Waals surface area contributed by atoms with Crippen LogP contribution in [0.25, 0.3) is 0 Å². The van der Waals surface area contributed by atoms with Gasteiger partial charge in [-0.2, -0.15) is 0 Å². The quantitative estimate of drug-likeness (QED) is 0.530. The van der Waals surface area contributed by atoms with Crippen molar-refractivity contribution >= 4 is 11.9 Å². The molecule has 1 aliphatic rings. The summed E-state index contributed by atoms with van der Waals surface area (Å²) in [5, 5.41) is 0. The van der Waals surface area contributed by atoms with Crippen molar-refractivity contribution in [2.45, 2.75) is 58.8 Å². The Bertz CT molecular complexity index is 340. The van der Waals surface area contributed by atoms with Gasteiger partial charge in [-0.3, -0.25) is 4.79 Å². The summed E-state index contributed by atoms with van der Waals surface area (Å²) in [7, 11) is 0. The topological polar surface area (TPSA) is 52.6 Å². The maximum atomic E-state index is 11.2. The van der Waals surface area contributed by atoms with Gasteiger partial charge in [-0.25, -0.2) is 4.79 Å². The van der Waals surface area contributed by atoms with Crippen molar-refractivity contribution < 1.29 is 19.1 Å². The fourth-order valence-electron chi connectivity index (χ4n) is 2.78. The Morgan fingerprint density at radius 2 is 1.85 bits per heavy atom. The van der Waals surface area contributed by atoms with Gasteiger partial charge in [0.2, 0.25) is 0 Å². The molecule has 0 bridgehead atoms. The fourth-order valence-corrected chi connectivity index (χ4v) is 2.78. The van der Waals surface area contributed by atoms with E-state index in [9.17, 15) is 9.59 Å². The van der Waals surface area contributed by atoms with E-state index in [4.69, 9.17) is 9.47 Å². The second-order valence-electron chi connectivity index (χ2n) is 5.53. The largest absolute Gasteiger partial charge is 0.465 e. The molecular formula is C16H26O4. The SMILES string of the molecule is CCOC(=O)/C=C/CCC1(COC(C)=O)CCCCC1. The zero-order valence-corrected chi connectivity index (χ0v) is 12.7. The van der Waals surface area contributed by atoms with E-state index in [1.54, 1.807) is 6.92 Å². The highest BCUT2D eigenvalue weighted by Gasteiger charge is 2.32. The Kier molecular flexibility index (Phi) is 7.34. The number of ether oxygens (including phenoxy) is 2. The molecule has 4 heteroatoms. The van der Waals surface area contributed by atoms with Crippen molar-refractivity contribution in [1.29, 1.82) is 0 Å². The van der Waals surface area contributed by atoms with E-state index in [0.717, 1.165) is 25.7 Å². The van der Waals surface area contributed by atoms with E-state index in [1.807, 2.05) is 6.08 Å². The van der Waals surface area contributed by atoms with E-state index < -0.39 is 0 Å². The molecule has 0 amide bonds. The Hall–Kier alpha value is -1.32. The number of allylic oxidation sites excluding steroid dienone is 1. The molecule has 0 aromatic carbocycles. The van der Waals surface area contributed by atoms with E-state index in [2.05, 4.69) is 0 Å². The first-order valence-electron chi connectivity index (χ1n) is 7.55. The normalized spacial score (nSPS) is 17.9. The minimum absolute atomic E-state index is 0.100. The molecule has 0 heterocycles. The number of rotatable bonds is 7. The van der Waals surface area contributed by atoms with E-state index in [1.165, 1.54) is 32.3 Å². The lowest BCUT2D eigenvalue weighted by Gasteiger charge is -2.36. The summed E-state index contributed by atoms with van der Waals surface area (Å²) in [6, 6.07) is 0. The molecule has 0 radical (unpaired) electrons. The third-order valence-corrected chi connectivity index (χ3v) is 3.88. The predicted octanol–water partition coefficient (Wildman–Crippen LogP) is 3.40. The lowest BCUT2D eigenvalue weighted by molar-refractivity contribution is -0.145. The van der Waals surface area contributed by atoms with Crippen LogP contribution >= 0.6 is 0 Å². The average molecular weight is 282 g/mol. The van der Waals surface area contributed by atoms with Crippen molar-refractivity contribution in [2.24, 2.45) is 5.41 Å². The lowest BCUT2D eigenvalue weighted by atomic mass is 9.71. The molecule has 114 valence electrons. The summed E-state index contributed by atoms with van der Waals surface area (Å²) in [5.74, 6) is -0.498. The van der Waals surface area contributed by atoms with Gasteiger partial charge in [-0.15, -0.1) is 0 Å². The lowest BCUT2D eigenvalue weighted by Crippen LogP contribution is -2.30. The molecular weight excluding hydrogens is 256 g/mol. The molecule has 0 unspecified atom stereocenters. The maximum absolute atomic E-state index is 11.2. The Morgan fingerprint density at radius 3 is 2.45 bits per heavy atom. The molecule has 0 N–H and O–H groups in total. The zero-order chi connectivity index (χ0) is 14.8. The molecule has 1 fully saturated rings. The molecule has 4 nitrogen and oxygen atoms in total. The Labute approximate surface area is 121 Å². The average Bonchev–Trinajstić information content (AvgIpc) is 2.43. The molecule has 1 saturated carbocycles. The number of hydrogen-bond acceptors (Lipinski definition) is 4. The molecule has 0 aliphatic heterocycles. The molecule has 1 aliphatic carbocycles. The molecule has 1 rings (SSSR count). The van der Waals surface area contributed by atoms with Crippen LogP contribution in [0.4, 0.5) is 0 Å². The van der Waals surface area contributed by atoms with Gasteiger partial charge >= 0.3 is 11.9 Å². The summed E-state index contributed by atoms with van der Waals surface area (Å²) >= 11 is 0. The van der Waals surface area contributed by atoms with Crippen LogP contribution in [-0.4, -0.2) is 25.2 Å². The summed E-state index contributed by atoms with van der Waals surface area (Å²) in [5.41, 5.74) is 0.100. The smallest absolute Gasteiger partial charge is 0.330 e. The number of hydrogen-bond donors (Lipinski definition) is 0. The minimum atomic E-state index is -0.287. The minimum Gasteiger partial charge on any atom is -0.465 e. The van der Waals surface area contributed by atoms with Crippen molar-refractivity contribution in [3.63, 3.8) is 0 Å². The van der Waals surface area contributed by atoms with E-state index in [0.29, 0.717) is 13.2 Å².